The Bertz CT molecular complexity index is 1100. The molecule has 9 heteroatoms. The van der Waals surface area contributed by atoms with Crippen molar-refractivity contribution in [2.75, 3.05) is 24.2 Å². The SMILES string of the molecule is CC[C@@H](C)NC(=O)[C@@H](CC)N(Cc1ccccc1C)C(=O)CN(c1ccc(OC)cc1)S(C)(=O)=O. The molecule has 2 atom stereocenters. The highest BCUT2D eigenvalue weighted by molar-refractivity contribution is 7.92. The predicted molar refractivity (Wildman–Crippen MR) is 139 cm³/mol. The van der Waals surface area contributed by atoms with E-state index in [1.54, 1.807) is 24.3 Å². The summed E-state index contributed by atoms with van der Waals surface area (Å²) in [5.74, 6) is -0.137. The van der Waals surface area contributed by atoms with Gasteiger partial charge in [0, 0.05) is 12.6 Å². The molecule has 0 unspecified atom stereocenters. The number of benzene rings is 2. The molecule has 0 saturated carbocycles. The number of carbonyl (C=O) groups excluding carboxylic acids is 2. The second-order valence-electron chi connectivity index (χ2n) is 8.66. The van der Waals surface area contributed by atoms with Crippen molar-refractivity contribution in [3.05, 3.63) is 59.7 Å². The van der Waals surface area contributed by atoms with E-state index >= 15 is 0 Å². The molecule has 0 fully saturated rings. The van der Waals surface area contributed by atoms with E-state index in [4.69, 9.17) is 4.74 Å². The lowest BCUT2D eigenvalue weighted by Crippen LogP contribution is -2.53. The van der Waals surface area contributed by atoms with Crippen molar-refractivity contribution in [2.24, 2.45) is 0 Å². The Morgan fingerprint density at radius 2 is 1.66 bits per heavy atom. The standard InChI is InChI=1S/C26H37N3O5S/c1-7-20(4)27-26(31)24(8-2)28(17-21-12-10-9-11-19(21)3)25(30)18-29(35(6,32)33)22-13-15-23(34-5)16-14-22/h9-16,20,24H,7-8,17-18H2,1-6H3,(H,27,31)/t20-,24-/m1/s1. The van der Waals surface area contributed by atoms with Gasteiger partial charge in [-0.25, -0.2) is 8.42 Å². The molecule has 0 bridgehead atoms. The normalized spacial score (nSPS) is 13.0. The summed E-state index contributed by atoms with van der Waals surface area (Å²) in [4.78, 5) is 28.3. The molecule has 35 heavy (non-hydrogen) atoms. The summed E-state index contributed by atoms with van der Waals surface area (Å²) in [5, 5.41) is 2.97. The van der Waals surface area contributed by atoms with Crippen LogP contribution in [0.25, 0.3) is 0 Å². The summed E-state index contributed by atoms with van der Waals surface area (Å²) in [7, 11) is -2.26. The number of sulfonamides is 1. The number of ether oxygens (including phenoxy) is 1. The fraction of sp³-hybridized carbons (Fsp3) is 0.462. The van der Waals surface area contributed by atoms with Crippen molar-refractivity contribution < 1.29 is 22.7 Å². The average Bonchev–Trinajstić information content (AvgIpc) is 2.82. The molecule has 192 valence electrons. The Morgan fingerprint density at radius 1 is 1.03 bits per heavy atom. The molecule has 2 amide bonds. The summed E-state index contributed by atoms with van der Waals surface area (Å²) < 4.78 is 31.5. The molecule has 0 aromatic heterocycles. The van der Waals surface area contributed by atoms with Crippen LogP contribution in [0.1, 0.15) is 44.7 Å². The van der Waals surface area contributed by atoms with Gasteiger partial charge in [0.15, 0.2) is 0 Å². The van der Waals surface area contributed by atoms with Crippen molar-refractivity contribution in [2.45, 2.75) is 59.2 Å². The van der Waals surface area contributed by atoms with Crippen LogP contribution in [-0.2, 0) is 26.2 Å². The molecule has 0 aliphatic heterocycles. The molecule has 1 N–H and O–H groups in total. The zero-order valence-electron chi connectivity index (χ0n) is 21.4. The first-order valence-corrected chi connectivity index (χ1v) is 13.6. The van der Waals surface area contributed by atoms with Crippen molar-refractivity contribution in [1.82, 2.24) is 10.2 Å². The average molecular weight is 504 g/mol. The minimum absolute atomic E-state index is 0.0428. The van der Waals surface area contributed by atoms with Crippen LogP contribution in [0.15, 0.2) is 48.5 Å². The quantitative estimate of drug-likeness (QED) is 0.478. The summed E-state index contributed by atoms with van der Waals surface area (Å²) in [6, 6.07) is 13.3. The number of methoxy groups -OCH3 is 1. The van der Waals surface area contributed by atoms with Crippen LogP contribution in [0.4, 0.5) is 5.69 Å². The number of amides is 2. The van der Waals surface area contributed by atoms with Gasteiger partial charge in [0.05, 0.1) is 19.1 Å². The van der Waals surface area contributed by atoms with Crippen molar-refractivity contribution in [3.63, 3.8) is 0 Å². The van der Waals surface area contributed by atoms with E-state index in [9.17, 15) is 18.0 Å². The number of hydrogen-bond acceptors (Lipinski definition) is 5. The number of carbonyl (C=O) groups is 2. The van der Waals surface area contributed by atoms with E-state index in [0.717, 1.165) is 28.1 Å². The minimum Gasteiger partial charge on any atom is -0.497 e. The van der Waals surface area contributed by atoms with Crippen molar-refractivity contribution >= 4 is 27.5 Å². The second kappa shape index (κ2) is 12.6. The van der Waals surface area contributed by atoms with Crippen LogP contribution in [0.3, 0.4) is 0 Å². The van der Waals surface area contributed by atoms with Crippen molar-refractivity contribution in [3.8, 4) is 5.75 Å². The first-order chi connectivity index (χ1) is 16.5. The topological polar surface area (TPSA) is 96.0 Å². The van der Waals surface area contributed by atoms with Gasteiger partial charge in [-0.1, -0.05) is 38.1 Å². The van der Waals surface area contributed by atoms with Gasteiger partial charge in [0.1, 0.15) is 18.3 Å². The number of rotatable bonds is 12. The molecule has 0 aliphatic rings. The van der Waals surface area contributed by atoms with Gasteiger partial charge in [0.2, 0.25) is 21.8 Å². The Labute approximate surface area is 209 Å². The molecule has 8 nitrogen and oxygen atoms in total. The maximum Gasteiger partial charge on any atom is 0.244 e. The van der Waals surface area contributed by atoms with Crippen LogP contribution in [0, 0.1) is 6.92 Å². The first-order valence-electron chi connectivity index (χ1n) is 11.8. The van der Waals surface area contributed by atoms with E-state index in [0.29, 0.717) is 17.9 Å². The summed E-state index contributed by atoms with van der Waals surface area (Å²) >= 11 is 0. The van der Waals surface area contributed by atoms with Gasteiger partial charge in [-0.05, 0) is 62.1 Å². The molecule has 2 aromatic carbocycles. The maximum atomic E-state index is 13.7. The monoisotopic (exact) mass is 503 g/mol. The number of aryl methyl sites for hydroxylation is 1. The van der Waals surface area contributed by atoms with Crippen LogP contribution in [0.5, 0.6) is 5.75 Å². The Hall–Kier alpha value is -3.07. The number of hydrogen-bond donors (Lipinski definition) is 1. The predicted octanol–water partition coefficient (Wildman–Crippen LogP) is 3.49. The molecule has 2 rings (SSSR count). The fourth-order valence-corrected chi connectivity index (χ4v) is 4.54. The summed E-state index contributed by atoms with van der Waals surface area (Å²) in [6.45, 7) is 7.44. The van der Waals surface area contributed by atoms with Gasteiger partial charge in [-0.15, -0.1) is 0 Å². The molecule has 0 heterocycles. The van der Waals surface area contributed by atoms with E-state index in [1.807, 2.05) is 52.0 Å². The van der Waals surface area contributed by atoms with Crippen LogP contribution in [0.2, 0.25) is 0 Å². The molecule has 0 aliphatic carbocycles. The highest BCUT2D eigenvalue weighted by Gasteiger charge is 2.32. The first kappa shape index (κ1) is 28.2. The largest absolute Gasteiger partial charge is 0.497 e. The molecule has 0 saturated heterocycles. The van der Waals surface area contributed by atoms with Gasteiger partial charge >= 0.3 is 0 Å². The minimum atomic E-state index is -3.78. The number of nitrogens with one attached hydrogen (secondary N) is 1. The number of anilines is 1. The summed E-state index contributed by atoms with van der Waals surface area (Å²) in [5.41, 5.74) is 2.22. The Kier molecular flexibility index (Phi) is 10.1. The van der Waals surface area contributed by atoms with Gasteiger partial charge in [-0.2, -0.15) is 0 Å². The van der Waals surface area contributed by atoms with Crippen molar-refractivity contribution in [1.29, 1.82) is 0 Å². The van der Waals surface area contributed by atoms with E-state index < -0.39 is 28.5 Å². The summed E-state index contributed by atoms with van der Waals surface area (Å²) in [6.07, 6.45) is 2.21. The lowest BCUT2D eigenvalue weighted by molar-refractivity contribution is -0.140. The van der Waals surface area contributed by atoms with E-state index in [1.165, 1.54) is 12.0 Å². The third kappa shape index (κ3) is 7.71. The second-order valence-corrected chi connectivity index (χ2v) is 10.6. The zero-order valence-corrected chi connectivity index (χ0v) is 22.3. The lowest BCUT2D eigenvalue weighted by Gasteiger charge is -2.33. The zero-order chi connectivity index (χ0) is 26.2. The molecule has 0 radical (unpaired) electrons. The molecular weight excluding hydrogens is 466 g/mol. The molecule has 2 aromatic rings. The van der Waals surface area contributed by atoms with Gasteiger partial charge in [0.25, 0.3) is 0 Å². The highest BCUT2D eigenvalue weighted by atomic mass is 32.2. The Morgan fingerprint density at radius 3 is 2.17 bits per heavy atom. The van der Waals surface area contributed by atoms with Crippen LogP contribution >= 0.6 is 0 Å². The lowest BCUT2D eigenvalue weighted by atomic mass is 10.1. The smallest absolute Gasteiger partial charge is 0.244 e. The maximum absolute atomic E-state index is 13.7. The van der Waals surface area contributed by atoms with Crippen LogP contribution in [-0.4, -0.2) is 57.1 Å². The highest BCUT2D eigenvalue weighted by Crippen LogP contribution is 2.23. The number of nitrogens with zero attached hydrogens (tertiary/aromatic N) is 2. The van der Waals surface area contributed by atoms with E-state index in [2.05, 4.69) is 5.32 Å². The van der Waals surface area contributed by atoms with Gasteiger partial charge < -0.3 is 15.0 Å². The fourth-order valence-electron chi connectivity index (χ4n) is 3.69. The third-order valence-corrected chi connectivity index (χ3v) is 7.17. The Balaban J connectivity index is 2.44. The third-order valence-electron chi connectivity index (χ3n) is 6.03. The van der Waals surface area contributed by atoms with Gasteiger partial charge in [-0.3, -0.25) is 13.9 Å². The molecule has 0 spiro atoms. The molecular formula is C26H37N3O5S. The van der Waals surface area contributed by atoms with E-state index in [-0.39, 0.29) is 18.5 Å². The van der Waals surface area contributed by atoms with Crippen LogP contribution < -0.4 is 14.4 Å².